The van der Waals surface area contributed by atoms with Gasteiger partial charge >= 0.3 is 0 Å². The Morgan fingerprint density at radius 1 is 1.19 bits per heavy atom. The molecule has 1 aliphatic heterocycles. The molecule has 4 heteroatoms. The van der Waals surface area contributed by atoms with Crippen LogP contribution in [-0.4, -0.2) is 48.1 Å². The molecular weight excluding hydrogens is 265 g/mol. The molecule has 1 saturated carbocycles. The third-order valence-corrected chi connectivity index (χ3v) is 4.91. The quantitative estimate of drug-likeness (QED) is 0.904. The Morgan fingerprint density at radius 2 is 1.86 bits per heavy atom. The first-order valence-corrected chi connectivity index (χ1v) is 8.18. The predicted octanol–water partition coefficient (Wildman–Crippen LogP) is 2.38. The van der Waals surface area contributed by atoms with Gasteiger partial charge in [0.25, 0.3) is 0 Å². The van der Waals surface area contributed by atoms with Crippen molar-refractivity contribution < 1.29 is 4.39 Å². The minimum absolute atomic E-state index is 0.00227. The lowest BCUT2D eigenvalue weighted by molar-refractivity contribution is 0.0780. The number of piperazine rings is 1. The molecule has 2 unspecified atom stereocenters. The smallest absolute Gasteiger partial charge is 0.128 e. The molecule has 1 aliphatic carbocycles. The Labute approximate surface area is 126 Å². The van der Waals surface area contributed by atoms with Crippen molar-refractivity contribution in [1.82, 2.24) is 9.80 Å². The zero-order chi connectivity index (χ0) is 14.8. The molecule has 1 heterocycles. The van der Waals surface area contributed by atoms with Gasteiger partial charge in [0.15, 0.2) is 0 Å². The van der Waals surface area contributed by atoms with Crippen molar-refractivity contribution in [3.8, 4) is 0 Å². The average molecular weight is 291 g/mol. The first-order valence-electron chi connectivity index (χ1n) is 8.18. The summed E-state index contributed by atoms with van der Waals surface area (Å²) in [5.74, 6) is -0.129. The van der Waals surface area contributed by atoms with Crippen LogP contribution in [0.5, 0.6) is 0 Å². The van der Waals surface area contributed by atoms with Gasteiger partial charge in [-0.05, 0) is 25.3 Å². The molecular formula is C17H26FN3. The standard InChI is InChI=1S/C17H26FN3/c1-2-16(19)17(14-5-3-4-6-15(14)18)21-11-9-20(10-12-21)13-7-8-13/h3-6,13,16-17H,2,7-12,19H2,1H3. The normalized spacial score (nSPS) is 24.0. The van der Waals surface area contributed by atoms with Crippen molar-refractivity contribution in [1.29, 1.82) is 0 Å². The molecule has 21 heavy (non-hydrogen) atoms. The van der Waals surface area contributed by atoms with Gasteiger partial charge in [0.1, 0.15) is 5.82 Å². The fourth-order valence-corrected chi connectivity index (χ4v) is 3.46. The predicted molar refractivity (Wildman–Crippen MR) is 83.6 cm³/mol. The van der Waals surface area contributed by atoms with Crippen molar-refractivity contribution in [2.45, 2.75) is 44.3 Å². The first kappa shape index (κ1) is 14.9. The summed E-state index contributed by atoms with van der Waals surface area (Å²) in [5, 5.41) is 0. The van der Waals surface area contributed by atoms with E-state index in [-0.39, 0.29) is 17.9 Å². The lowest BCUT2D eigenvalue weighted by atomic mass is 9.95. The Kier molecular flexibility index (Phi) is 4.57. The second-order valence-electron chi connectivity index (χ2n) is 6.34. The Balaban J connectivity index is 1.75. The largest absolute Gasteiger partial charge is 0.326 e. The van der Waals surface area contributed by atoms with E-state index in [0.717, 1.165) is 44.2 Å². The van der Waals surface area contributed by atoms with Gasteiger partial charge in [-0.2, -0.15) is 0 Å². The van der Waals surface area contributed by atoms with E-state index in [0.29, 0.717) is 0 Å². The fourth-order valence-electron chi connectivity index (χ4n) is 3.46. The summed E-state index contributed by atoms with van der Waals surface area (Å²) in [6, 6.07) is 7.89. The Morgan fingerprint density at radius 3 is 2.43 bits per heavy atom. The lowest BCUT2D eigenvalue weighted by Crippen LogP contribution is -2.52. The minimum Gasteiger partial charge on any atom is -0.326 e. The Hall–Kier alpha value is -0.970. The van der Waals surface area contributed by atoms with Crippen molar-refractivity contribution >= 4 is 0 Å². The van der Waals surface area contributed by atoms with Gasteiger partial charge in [-0.25, -0.2) is 4.39 Å². The van der Waals surface area contributed by atoms with Crippen LogP contribution >= 0.6 is 0 Å². The molecule has 2 atom stereocenters. The van der Waals surface area contributed by atoms with E-state index >= 15 is 0 Å². The summed E-state index contributed by atoms with van der Waals surface area (Å²) in [6.07, 6.45) is 3.57. The molecule has 116 valence electrons. The number of benzene rings is 1. The Bertz CT molecular complexity index is 467. The molecule has 0 radical (unpaired) electrons. The highest BCUT2D eigenvalue weighted by molar-refractivity contribution is 5.23. The fraction of sp³-hybridized carbons (Fsp3) is 0.647. The summed E-state index contributed by atoms with van der Waals surface area (Å²) < 4.78 is 14.2. The topological polar surface area (TPSA) is 32.5 Å². The van der Waals surface area contributed by atoms with Gasteiger partial charge in [-0.1, -0.05) is 25.1 Å². The molecule has 0 bridgehead atoms. The van der Waals surface area contributed by atoms with Crippen LogP contribution in [0.4, 0.5) is 4.39 Å². The maximum atomic E-state index is 14.2. The van der Waals surface area contributed by atoms with Crippen LogP contribution in [-0.2, 0) is 0 Å². The van der Waals surface area contributed by atoms with E-state index in [1.165, 1.54) is 12.8 Å². The maximum absolute atomic E-state index is 14.2. The van der Waals surface area contributed by atoms with E-state index in [4.69, 9.17) is 5.73 Å². The van der Waals surface area contributed by atoms with Crippen molar-refractivity contribution in [2.75, 3.05) is 26.2 Å². The van der Waals surface area contributed by atoms with Crippen LogP contribution in [0.2, 0.25) is 0 Å². The molecule has 0 amide bonds. The second kappa shape index (κ2) is 6.42. The first-order chi connectivity index (χ1) is 10.2. The SMILES string of the molecule is CCC(N)C(c1ccccc1F)N1CCN(C2CC2)CC1. The van der Waals surface area contributed by atoms with Crippen molar-refractivity contribution in [2.24, 2.45) is 5.73 Å². The van der Waals surface area contributed by atoms with E-state index in [2.05, 4.69) is 16.7 Å². The van der Waals surface area contributed by atoms with Crippen LogP contribution in [0.25, 0.3) is 0 Å². The monoisotopic (exact) mass is 291 g/mol. The average Bonchev–Trinajstić information content (AvgIpc) is 3.35. The molecule has 1 aromatic carbocycles. The molecule has 0 aromatic heterocycles. The third-order valence-electron chi connectivity index (χ3n) is 4.91. The van der Waals surface area contributed by atoms with Crippen LogP contribution in [0.15, 0.2) is 24.3 Å². The molecule has 0 spiro atoms. The number of nitrogens with two attached hydrogens (primary N) is 1. The molecule has 2 N–H and O–H groups in total. The summed E-state index contributed by atoms with van der Waals surface area (Å²) >= 11 is 0. The zero-order valence-corrected chi connectivity index (χ0v) is 12.8. The number of hydrogen-bond acceptors (Lipinski definition) is 3. The highest BCUT2D eigenvalue weighted by Crippen LogP contribution is 2.31. The molecule has 3 nitrogen and oxygen atoms in total. The van der Waals surface area contributed by atoms with E-state index in [1.807, 2.05) is 12.1 Å². The van der Waals surface area contributed by atoms with Crippen molar-refractivity contribution in [3.05, 3.63) is 35.6 Å². The van der Waals surface area contributed by atoms with Crippen LogP contribution < -0.4 is 5.73 Å². The van der Waals surface area contributed by atoms with Gasteiger partial charge in [0, 0.05) is 43.8 Å². The van der Waals surface area contributed by atoms with E-state index < -0.39 is 0 Å². The van der Waals surface area contributed by atoms with E-state index in [9.17, 15) is 4.39 Å². The number of hydrogen-bond donors (Lipinski definition) is 1. The molecule has 1 saturated heterocycles. The van der Waals surface area contributed by atoms with Gasteiger partial charge in [-0.15, -0.1) is 0 Å². The van der Waals surface area contributed by atoms with Gasteiger partial charge in [0.2, 0.25) is 0 Å². The highest BCUT2D eigenvalue weighted by Gasteiger charge is 2.35. The zero-order valence-electron chi connectivity index (χ0n) is 12.8. The van der Waals surface area contributed by atoms with Crippen molar-refractivity contribution in [3.63, 3.8) is 0 Å². The minimum atomic E-state index is -0.129. The number of nitrogens with zero attached hydrogens (tertiary/aromatic N) is 2. The highest BCUT2D eigenvalue weighted by atomic mass is 19.1. The summed E-state index contributed by atoms with van der Waals surface area (Å²) in [4.78, 5) is 4.96. The summed E-state index contributed by atoms with van der Waals surface area (Å²) in [6.45, 7) is 6.24. The van der Waals surface area contributed by atoms with Gasteiger partial charge in [0.05, 0.1) is 6.04 Å². The lowest BCUT2D eigenvalue weighted by Gasteiger charge is -2.41. The number of halogens is 1. The van der Waals surface area contributed by atoms with Crippen LogP contribution in [0.3, 0.4) is 0 Å². The molecule has 3 rings (SSSR count). The van der Waals surface area contributed by atoms with Crippen LogP contribution in [0, 0.1) is 5.82 Å². The molecule has 2 fully saturated rings. The summed E-state index contributed by atoms with van der Waals surface area (Å²) in [7, 11) is 0. The maximum Gasteiger partial charge on any atom is 0.128 e. The second-order valence-corrected chi connectivity index (χ2v) is 6.34. The third kappa shape index (κ3) is 3.28. The number of rotatable bonds is 5. The summed E-state index contributed by atoms with van der Waals surface area (Å²) in [5.41, 5.74) is 7.09. The van der Waals surface area contributed by atoms with E-state index in [1.54, 1.807) is 12.1 Å². The molecule has 1 aromatic rings. The van der Waals surface area contributed by atoms with Gasteiger partial charge < -0.3 is 5.73 Å². The van der Waals surface area contributed by atoms with Gasteiger partial charge in [-0.3, -0.25) is 9.80 Å². The molecule has 2 aliphatic rings. The van der Waals surface area contributed by atoms with Crippen LogP contribution in [0.1, 0.15) is 37.8 Å².